The molecule has 27 heavy (non-hydrogen) atoms. The second-order valence-electron chi connectivity index (χ2n) is 5.79. The Labute approximate surface area is 154 Å². The molecule has 0 aliphatic carbocycles. The maximum atomic E-state index is 12.8. The molecule has 3 aromatic rings. The number of aromatic carboxylic acids is 1. The Kier molecular flexibility index (Phi) is 4.77. The first-order chi connectivity index (χ1) is 12.9. The minimum absolute atomic E-state index is 0.0179. The van der Waals surface area contributed by atoms with Crippen molar-refractivity contribution in [3.05, 3.63) is 51.7 Å². The van der Waals surface area contributed by atoms with Crippen molar-refractivity contribution in [1.29, 1.82) is 0 Å². The van der Waals surface area contributed by atoms with E-state index < -0.39 is 5.97 Å². The van der Waals surface area contributed by atoms with Gasteiger partial charge < -0.3 is 23.7 Å². The first kappa shape index (κ1) is 18.3. The predicted molar refractivity (Wildman–Crippen MR) is 99.3 cm³/mol. The molecule has 0 spiro atoms. The molecule has 1 aromatic heterocycles. The van der Waals surface area contributed by atoms with Gasteiger partial charge in [0.2, 0.25) is 5.75 Å². The summed E-state index contributed by atoms with van der Waals surface area (Å²) in [6.07, 6.45) is 0. The molecule has 0 amide bonds. The molecule has 0 fully saturated rings. The summed E-state index contributed by atoms with van der Waals surface area (Å²) in [7, 11) is 4.45. The van der Waals surface area contributed by atoms with Crippen LogP contribution in [0.4, 0.5) is 0 Å². The van der Waals surface area contributed by atoms with E-state index in [9.17, 15) is 14.7 Å². The van der Waals surface area contributed by atoms with Gasteiger partial charge in [0, 0.05) is 11.1 Å². The fourth-order valence-electron chi connectivity index (χ4n) is 2.97. The molecule has 0 atom stereocenters. The van der Waals surface area contributed by atoms with E-state index in [0.29, 0.717) is 28.4 Å². The van der Waals surface area contributed by atoms with Gasteiger partial charge in [0.25, 0.3) is 0 Å². The predicted octanol–water partition coefficient (Wildman–Crippen LogP) is 3.49. The summed E-state index contributed by atoms with van der Waals surface area (Å²) in [5, 5.41) is 9.63. The van der Waals surface area contributed by atoms with Gasteiger partial charge in [-0.25, -0.2) is 4.79 Å². The van der Waals surface area contributed by atoms with Gasteiger partial charge in [0.1, 0.15) is 11.3 Å². The third kappa shape index (κ3) is 2.97. The Bertz CT molecular complexity index is 1070. The highest BCUT2D eigenvalue weighted by molar-refractivity contribution is 6.01. The highest BCUT2D eigenvalue weighted by Crippen LogP contribution is 2.42. The Morgan fingerprint density at radius 3 is 2.19 bits per heavy atom. The molecule has 3 rings (SSSR count). The molecule has 1 heterocycles. The quantitative estimate of drug-likeness (QED) is 0.734. The largest absolute Gasteiger partial charge is 0.493 e. The van der Waals surface area contributed by atoms with Crippen LogP contribution in [-0.4, -0.2) is 32.4 Å². The van der Waals surface area contributed by atoms with Gasteiger partial charge in [-0.1, -0.05) is 6.07 Å². The topological polar surface area (TPSA) is 95.2 Å². The smallest absolute Gasteiger partial charge is 0.339 e. The summed E-state index contributed by atoms with van der Waals surface area (Å²) in [6, 6.07) is 7.73. The Morgan fingerprint density at radius 2 is 1.67 bits per heavy atom. The molecule has 0 aliphatic rings. The van der Waals surface area contributed by atoms with Crippen molar-refractivity contribution in [1.82, 2.24) is 0 Å². The van der Waals surface area contributed by atoms with Crippen molar-refractivity contribution >= 4 is 16.9 Å². The molecule has 0 aliphatic heterocycles. The molecule has 7 nitrogen and oxygen atoms in total. The number of benzene rings is 2. The molecular weight excluding hydrogens is 352 g/mol. The lowest BCUT2D eigenvalue weighted by Gasteiger charge is -2.15. The highest BCUT2D eigenvalue weighted by Gasteiger charge is 2.21. The normalized spacial score (nSPS) is 10.7. The van der Waals surface area contributed by atoms with E-state index >= 15 is 0 Å². The average molecular weight is 370 g/mol. The van der Waals surface area contributed by atoms with Gasteiger partial charge in [-0.05, 0) is 31.2 Å². The van der Waals surface area contributed by atoms with E-state index in [0.717, 1.165) is 0 Å². The number of hydrogen-bond acceptors (Lipinski definition) is 6. The number of para-hydroxylation sites is 1. The Balaban J connectivity index is 2.38. The van der Waals surface area contributed by atoms with Gasteiger partial charge in [0.15, 0.2) is 22.5 Å². The van der Waals surface area contributed by atoms with Crippen molar-refractivity contribution in [3.8, 4) is 28.6 Å². The van der Waals surface area contributed by atoms with Gasteiger partial charge in [-0.3, -0.25) is 4.79 Å². The van der Waals surface area contributed by atoms with E-state index in [1.807, 2.05) is 0 Å². The lowest BCUT2D eigenvalue weighted by molar-refractivity contribution is 0.0698. The molecule has 1 N–H and O–H groups in total. The molecule has 0 bridgehead atoms. The van der Waals surface area contributed by atoms with E-state index in [1.165, 1.54) is 33.5 Å². The van der Waals surface area contributed by atoms with Crippen molar-refractivity contribution < 1.29 is 28.5 Å². The van der Waals surface area contributed by atoms with E-state index in [4.69, 9.17) is 18.6 Å². The summed E-state index contributed by atoms with van der Waals surface area (Å²) in [4.78, 5) is 24.3. The summed E-state index contributed by atoms with van der Waals surface area (Å²) in [6.45, 7) is 1.62. The van der Waals surface area contributed by atoms with Crippen LogP contribution in [0.3, 0.4) is 0 Å². The van der Waals surface area contributed by atoms with E-state index in [1.54, 1.807) is 25.1 Å². The number of rotatable bonds is 5. The Hall–Kier alpha value is -3.48. The van der Waals surface area contributed by atoms with Crippen LogP contribution >= 0.6 is 0 Å². The fourth-order valence-corrected chi connectivity index (χ4v) is 2.97. The first-order valence-corrected chi connectivity index (χ1v) is 8.03. The third-order valence-electron chi connectivity index (χ3n) is 4.30. The van der Waals surface area contributed by atoms with Crippen LogP contribution in [0.5, 0.6) is 17.2 Å². The average Bonchev–Trinajstić information content (AvgIpc) is 2.68. The Morgan fingerprint density at radius 1 is 1.04 bits per heavy atom. The lowest BCUT2D eigenvalue weighted by atomic mass is 10.0. The number of carbonyl (C=O) groups is 1. The van der Waals surface area contributed by atoms with Gasteiger partial charge in [-0.2, -0.15) is 0 Å². The van der Waals surface area contributed by atoms with Gasteiger partial charge in [-0.15, -0.1) is 0 Å². The monoisotopic (exact) mass is 370 g/mol. The molecule has 0 saturated carbocycles. The molecule has 0 unspecified atom stereocenters. The second kappa shape index (κ2) is 7.03. The second-order valence-corrected chi connectivity index (χ2v) is 5.79. The number of carboxylic acid groups (broad SMARTS) is 1. The van der Waals surface area contributed by atoms with Crippen molar-refractivity contribution in [2.45, 2.75) is 6.92 Å². The summed E-state index contributed by atoms with van der Waals surface area (Å²) in [5.41, 5.74) is 0.478. The number of carboxylic acids is 1. The molecule has 140 valence electrons. The molecule has 2 aromatic carbocycles. The summed E-state index contributed by atoms with van der Waals surface area (Å²) < 4.78 is 21.9. The minimum atomic E-state index is -1.18. The molecule has 7 heteroatoms. The first-order valence-electron chi connectivity index (χ1n) is 8.03. The van der Waals surface area contributed by atoms with Crippen LogP contribution in [-0.2, 0) is 0 Å². The van der Waals surface area contributed by atoms with Crippen molar-refractivity contribution in [2.24, 2.45) is 0 Å². The van der Waals surface area contributed by atoms with Gasteiger partial charge >= 0.3 is 5.97 Å². The zero-order valence-corrected chi connectivity index (χ0v) is 15.3. The zero-order chi connectivity index (χ0) is 19.7. The lowest BCUT2D eigenvalue weighted by Crippen LogP contribution is -2.10. The SMILES string of the molecule is COc1cc(-c2oc3c(C(=O)O)cccc3c(=O)c2C)cc(OC)c1OC. The standard InChI is InChI=1S/C20H18O7/c1-10-16(21)12-6-5-7-13(20(22)23)18(12)27-17(10)11-8-14(24-2)19(26-4)15(9-11)25-3/h5-9H,1-4H3,(H,22,23). The molecular formula is C20H18O7. The number of fused-ring (bicyclic) bond motifs is 1. The number of ether oxygens (including phenoxy) is 3. The number of hydrogen-bond donors (Lipinski definition) is 1. The van der Waals surface area contributed by atoms with E-state index in [-0.39, 0.29) is 27.7 Å². The maximum absolute atomic E-state index is 12.8. The van der Waals surface area contributed by atoms with Crippen LogP contribution in [0.2, 0.25) is 0 Å². The zero-order valence-electron chi connectivity index (χ0n) is 15.3. The van der Waals surface area contributed by atoms with Crippen molar-refractivity contribution in [2.75, 3.05) is 21.3 Å². The maximum Gasteiger partial charge on any atom is 0.339 e. The van der Waals surface area contributed by atoms with E-state index in [2.05, 4.69) is 0 Å². The molecule has 0 saturated heterocycles. The highest BCUT2D eigenvalue weighted by atomic mass is 16.5. The van der Waals surface area contributed by atoms with Crippen LogP contribution < -0.4 is 19.6 Å². The van der Waals surface area contributed by atoms with Gasteiger partial charge in [0.05, 0.1) is 26.7 Å². The number of methoxy groups -OCH3 is 3. The van der Waals surface area contributed by atoms with Crippen molar-refractivity contribution in [3.63, 3.8) is 0 Å². The van der Waals surface area contributed by atoms with Crippen LogP contribution in [0.25, 0.3) is 22.3 Å². The van der Waals surface area contributed by atoms with Crippen LogP contribution in [0, 0.1) is 6.92 Å². The minimum Gasteiger partial charge on any atom is -0.493 e. The third-order valence-corrected chi connectivity index (χ3v) is 4.30. The molecule has 0 radical (unpaired) electrons. The summed E-state index contributed by atoms with van der Waals surface area (Å²) in [5.74, 6) is 0.237. The van der Waals surface area contributed by atoms with Crippen LogP contribution in [0.1, 0.15) is 15.9 Å². The van der Waals surface area contributed by atoms with Crippen LogP contribution in [0.15, 0.2) is 39.5 Å². The fraction of sp³-hybridized carbons (Fsp3) is 0.200. The summed E-state index contributed by atoms with van der Waals surface area (Å²) >= 11 is 0.